The molecule has 0 saturated carbocycles. The van der Waals surface area contributed by atoms with Crippen LogP contribution in [0.5, 0.6) is 11.5 Å². The van der Waals surface area contributed by atoms with E-state index in [1.807, 2.05) is 30.3 Å². The summed E-state index contributed by atoms with van der Waals surface area (Å²) in [6.45, 7) is 4.63. The van der Waals surface area contributed by atoms with Crippen molar-refractivity contribution in [3.8, 4) is 11.5 Å². The van der Waals surface area contributed by atoms with Crippen molar-refractivity contribution in [1.29, 1.82) is 0 Å². The highest BCUT2D eigenvalue weighted by atomic mass is 79.9. The van der Waals surface area contributed by atoms with Crippen LogP contribution in [-0.2, 0) is 6.54 Å². The molecule has 0 fully saturated rings. The van der Waals surface area contributed by atoms with Crippen molar-refractivity contribution >= 4 is 15.9 Å². The predicted molar refractivity (Wildman–Crippen MR) is 78.0 cm³/mol. The van der Waals surface area contributed by atoms with E-state index >= 15 is 0 Å². The molecule has 2 N–H and O–H groups in total. The fourth-order valence-electron chi connectivity index (χ4n) is 1.70. The van der Waals surface area contributed by atoms with E-state index in [0.717, 1.165) is 21.5 Å². The molecular formula is C15H16BrNO. The van der Waals surface area contributed by atoms with Gasteiger partial charge in [0.2, 0.25) is 0 Å². The molecule has 0 radical (unpaired) electrons. The third-order valence-corrected chi connectivity index (χ3v) is 3.45. The van der Waals surface area contributed by atoms with Gasteiger partial charge in [0, 0.05) is 16.6 Å². The molecule has 0 aromatic heterocycles. The van der Waals surface area contributed by atoms with Gasteiger partial charge in [-0.2, -0.15) is 0 Å². The number of ether oxygens (including phenoxy) is 1. The van der Waals surface area contributed by atoms with Crippen molar-refractivity contribution in [2.75, 3.05) is 0 Å². The highest BCUT2D eigenvalue weighted by molar-refractivity contribution is 9.10. The summed E-state index contributed by atoms with van der Waals surface area (Å²) in [6, 6.07) is 12.0. The second-order valence-corrected chi connectivity index (χ2v) is 5.22. The number of halogens is 1. The molecule has 0 aliphatic heterocycles. The Kier molecular flexibility index (Phi) is 4.04. The summed E-state index contributed by atoms with van der Waals surface area (Å²) >= 11 is 3.44. The fraction of sp³-hybridized carbons (Fsp3) is 0.200. The van der Waals surface area contributed by atoms with Gasteiger partial charge in [-0.15, -0.1) is 0 Å². The summed E-state index contributed by atoms with van der Waals surface area (Å²) in [5.41, 5.74) is 9.19. The van der Waals surface area contributed by atoms with Crippen molar-refractivity contribution < 1.29 is 4.74 Å². The molecule has 0 heterocycles. The molecule has 0 amide bonds. The quantitative estimate of drug-likeness (QED) is 0.916. The first-order valence-electron chi connectivity index (χ1n) is 5.84. The van der Waals surface area contributed by atoms with E-state index in [2.05, 4.69) is 35.8 Å². The van der Waals surface area contributed by atoms with E-state index in [9.17, 15) is 0 Å². The average molecular weight is 306 g/mol. The summed E-state index contributed by atoms with van der Waals surface area (Å²) in [5, 5.41) is 0. The second kappa shape index (κ2) is 5.55. The van der Waals surface area contributed by atoms with Gasteiger partial charge in [0.15, 0.2) is 0 Å². The van der Waals surface area contributed by atoms with Gasteiger partial charge in [0.1, 0.15) is 11.5 Å². The molecule has 0 aliphatic rings. The van der Waals surface area contributed by atoms with Crippen LogP contribution < -0.4 is 10.5 Å². The first-order valence-corrected chi connectivity index (χ1v) is 6.63. The largest absolute Gasteiger partial charge is 0.457 e. The molecule has 0 unspecified atom stereocenters. The highest BCUT2D eigenvalue weighted by Crippen LogP contribution is 2.29. The lowest BCUT2D eigenvalue weighted by molar-refractivity contribution is 0.475. The molecule has 2 nitrogen and oxygen atoms in total. The first-order chi connectivity index (χ1) is 8.60. The van der Waals surface area contributed by atoms with Crippen LogP contribution >= 0.6 is 15.9 Å². The van der Waals surface area contributed by atoms with Crippen molar-refractivity contribution in [2.24, 2.45) is 5.73 Å². The Labute approximate surface area is 116 Å². The van der Waals surface area contributed by atoms with Gasteiger partial charge in [-0.3, -0.25) is 0 Å². The lowest BCUT2D eigenvalue weighted by Crippen LogP contribution is -1.99. The summed E-state index contributed by atoms with van der Waals surface area (Å²) in [4.78, 5) is 0. The third kappa shape index (κ3) is 2.92. The van der Waals surface area contributed by atoms with Crippen molar-refractivity contribution in [3.63, 3.8) is 0 Å². The molecule has 2 aromatic rings. The third-order valence-electron chi connectivity index (χ3n) is 2.96. The Balaban J connectivity index is 2.33. The Hall–Kier alpha value is -1.32. The maximum atomic E-state index is 5.91. The number of hydrogen-bond donors (Lipinski definition) is 1. The van der Waals surface area contributed by atoms with Crippen LogP contribution in [0.3, 0.4) is 0 Å². The highest BCUT2D eigenvalue weighted by Gasteiger charge is 2.05. The lowest BCUT2D eigenvalue weighted by Gasteiger charge is -2.11. The zero-order valence-corrected chi connectivity index (χ0v) is 12.1. The maximum absolute atomic E-state index is 5.91. The molecule has 0 atom stereocenters. The zero-order valence-electron chi connectivity index (χ0n) is 10.5. The summed E-state index contributed by atoms with van der Waals surface area (Å²) < 4.78 is 6.89. The number of rotatable bonds is 3. The van der Waals surface area contributed by atoms with Crippen molar-refractivity contribution in [1.82, 2.24) is 0 Å². The Morgan fingerprint density at radius 3 is 2.50 bits per heavy atom. The topological polar surface area (TPSA) is 35.2 Å². The Bertz CT molecular complexity index is 566. The van der Waals surface area contributed by atoms with Crippen molar-refractivity contribution in [2.45, 2.75) is 20.4 Å². The van der Waals surface area contributed by atoms with Gasteiger partial charge >= 0.3 is 0 Å². The van der Waals surface area contributed by atoms with Gasteiger partial charge in [-0.1, -0.05) is 28.1 Å². The zero-order chi connectivity index (χ0) is 13.1. The van der Waals surface area contributed by atoms with Crippen LogP contribution in [0.2, 0.25) is 0 Å². The monoisotopic (exact) mass is 305 g/mol. The number of aryl methyl sites for hydroxylation is 2. The lowest BCUT2D eigenvalue weighted by atomic mass is 10.1. The van der Waals surface area contributed by atoms with Gasteiger partial charge in [0.25, 0.3) is 0 Å². The van der Waals surface area contributed by atoms with E-state index in [4.69, 9.17) is 10.5 Å². The van der Waals surface area contributed by atoms with Crippen LogP contribution in [-0.4, -0.2) is 0 Å². The molecule has 0 saturated heterocycles. The molecular weight excluding hydrogens is 290 g/mol. The predicted octanol–water partition coefficient (Wildman–Crippen LogP) is 4.32. The van der Waals surface area contributed by atoms with Gasteiger partial charge in [-0.25, -0.2) is 0 Å². The smallest absolute Gasteiger partial charge is 0.133 e. The summed E-state index contributed by atoms with van der Waals surface area (Å²) in [5.74, 6) is 1.64. The van der Waals surface area contributed by atoms with Gasteiger partial charge in [-0.05, 0) is 49.2 Å². The molecule has 18 heavy (non-hydrogen) atoms. The Morgan fingerprint density at radius 2 is 1.83 bits per heavy atom. The van der Waals surface area contributed by atoms with Gasteiger partial charge in [0.05, 0.1) is 0 Å². The number of hydrogen-bond acceptors (Lipinski definition) is 2. The van der Waals surface area contributed by atoms with Crippen LogP contribution in [0.25, 0.3) is 0 Å². The van der Waals surface area contributed by atoms with E-state index < -0.39 is 0 Å². The van der Waals surface area contributed by atoms with E-state index in [1.54, 1.807) is 0 Å². The molecule has 0 spiro atoms. The van der Waals surface area contributed by atoms with Crippen LogP contribution in [0, 0.1) is 13.8 Å². The fourth-order valence-corrected chi connectivity index (χ4v) is 2.04. The minimum absolute atomic E-state index is 0.466. The van der Waals surface area contributed by atoms with Crippen LogP contribution in [0.4, 0.5) is 0 Å². The van der Waals surface area contributed by atoms with E-state index in [0.29, 0.717) is 6.54 Å². The molecule has 2 aromatic carbocycles. The molecule has 0 bridgehead atoms. The summed E-state index contributed by atoms with van der Waals surface area (Å²) in [6.07, 6.45) is 0. The minimum Gasteiger partial charge on any atom is -0.457 e. The molecule has 0 aliphatic carbocycles. The standard InChI is InChI=1S/C15H16BrNO/c1-10-3-6-14(7-11(10)2)18-15-8-13(16)5-4-12(15)9-17/h3-8H,9,17H2,1-2H3. The SMILES string of the molecule is Cc1ccc(Oc2cc(Br)ccc2CN)cc1C. The first kappa shape index (κ1) is 13.1. The number of benzene rings is 2. The minimum atomic E-state index is 0.466. The van der Waals surface area contributed by atoms with Gasteiger partial charge < -0.3 is 10.5 Å². The second-order valence-electron chi connectivity index (χ2n) is 4.30. The van der Waals surface area contributed by atoms with E-state index in [1.165, 1.54) is 11.1 Å². The van der Waals surface area contributed by atoms with E-state index in [-0.39, 0.29) is 0 Å². The molecule has 3 heteroatoms. The van der Waals surface area contributed by atoms with Crippen LogP contribution in [0.15, 0.2) is 40.9 Å². The van der Waals surface area contributed by atoms with Crippen LogP contribution in [0.1, 0.15) is 16.7 Å². The number of nitrogens with two attached hydrogens (primary N) is 1. The normalized spacial score (nSPS) is 10.4. The molecule has 94 valence electrons. The summed E-state index contributed by atoms with van der Waals surface area (Å²) in [7, 11) is 0. The average Bonchev–Trinajstić information content (AvgIpc) is 2.34. The maximum Gasteiger partial charge on any atom is 0.133 e. The molecule has 2 rings (SSSR count). The Morgan fingerprint density at radius 1 is 1.06 bits per heavy atom. The van der Waals surface area contributed by atoms with Crippen molar-refractivity contribution in [3.05, 3.63) is 57.6 Å².